The van der Waals surface area contributed by atoms with Crippen molar-refractivity contribution in [2.24, 2.45) is 0 Å². The van der Waals surface area contributed by atoms with Gasteiger partial charge in [-0.05, 0) is 68.5 Å². The molecule has 43 heavy (non-hydrogen) atoms. The van der Waals surface area contributed by atoms with E-state index < -0.39 is 5.92 Å². The number of piperazine rings is 2. The number of rotatable bonds is 6. The third kappa shape index (κ3) is 6.93. The molecule has 1 atom stereocenters. The van der Waals surface area contributed by atoms with Crippen molar-refractivity contribution in [3.63, 3.8) is 0 Å². The first-order valence-electron chi connectivity index (χ1n) is 15.7. The molecule has 232 valence electrons. The molecule has 3 saturated heterocycles. The lowest BCUT2D eigenvalue weighted by molar-refractivity contribution is -0.0385. The molecule has 0 radical (unpaired) electrons. The lowest BCUT2D eigenvalue weighted by Gasteiger charge is -2.35. The summed E-state index contributed by atoms with van der Waals surface area (Å²) in [5.74, 6) is -2.50. The van der Waals surface area contributed by atoms with E-state index in [1.807, 2.05) is 30.0 Å². The van der Waals surface area contributed by atoms with Crippen LogP contribution in [0, 0.1) is 6.92 Å². The second-order valence-electron chi connectivity index (χ2n) is 12.4. The van der Waals surface area contributed by atoms with E-state index in [1.165, 1.54) is 0 Å². The van der Waals surface area contributed by atoms with Crippen LogP contribution in [-0.2, 0) is 0 Å². The van der Waals surface area contributed by atoms with E-state index >= 15 is 0 Å². The number of aromatic nitrogens is 1. The molecule has 4 heterocycles. The highest BCUT2D eigenvalue weighted by Crippen LogP contribution is 2.43. The highest BCUT2D eigenvalue weighted by atomic mass is 19.3. The first kappa shape index (κ1) is 29.7. The Morgan fingerprint density at radius 1 is 0.860 bits per heavy atom. The predicted molar refractivity (Wildman–Crippen MR) is 160 cm³/mol. The number of anilines is 1. The van der Waals surface area contributed by atoms with Crippen LogP contribution in [0.5, 0.6) is 5.88 Å². The maximum absolute atomic E-state index is 13.9. The van der Waals surface area contributed by atoms with Crippen molar-refractivity contribution >= 4 is 17.5 Å². The van der Waals surface area contributed by atoms with E-state index in [2.05, 4.69) is 26.6 Å². The summed E-state index contributed by atoms with van der Waals surface area (Å²) in [6.45, 7) is 8.97. The Labute approximate surface area is 251 Å². The molecular formula is C32H42F2N6O3. The van der Waals surface area contributed by atoms with Crippen molar-refractivity contribution in [1.29, 1.82) is 0 Å². The largest absolute Gasteiger partial charge is 0.473 e. The maximum Gasteiger partial charge on any atom is 0.255 e. The van der Waals surface area contributed by atoms with E-state index in [1.54, 1.807) is 11.1 Å². The average molecular weight is 597 g/mol. The van der Waals surface area contributed by atoms with Crippen molar-refractivity contribution < 1.29 is 23.1 Å². The first-order chi connectivity index (χ1) is 20.8. The van der Waals surface area contributed by atoms with Crippen molar-refractivity contribution in [2.75, 3.05) is 70.3 Å². The zero-order chi connectivity index (χ0) is 30.0. The summed E-state index contributed by atoms with van der Waals surface area (Å²) in [6.07, 6.45) is 2.70. The van der Waals surface area contributed by atoms with Gasteiger partial charge in [0.1, 0.15) is 6.10 Å². The highest BCUT2D eigenvalue weighted by molar-refractivity contribution is 5.96. The van der Waals surface area contributed by atoms with Gasteiger partial charge in [-0.1, -0.05) is 0 Å². The number of ether oxygens (including phenoxy) is 1. The van der Waals surface area contributed by atoms with Crippen LogP contribution in [0.4, 0.5) is 14.5 Å². The van der Waals surface area contributed by atoms with E-state index in [0.29, 0.717) is 62.6 Å². The molecule has 1 saturated carbocycles. The summed E-state index contributed by atoms with van der Waals surface area (Å²) >= 11 is 0. The van der Waals surface area contributed by atoms with Crippen LogP contribution >= 0.6 is 0 Å². The Hall–Kier alpha value is -3.31. The van der Waals surface area contributed by atoms with Gasteiger partial charge in [-0.25, -0.2) is 13.8 Å². The fourth-order valence-corrected chi connectivity index (χ4v) is 6.68. The van der Waals surface area contributed by atoms with Crippen LogP contribution in [0.2, 0.25) is 0 Å². The number of hydrogen-bond donors (Lipinski definition) is 2. The molecule has 6 rings (SSSR count). The number of halogens is 2. The second-order valence-corrected chi connectivity index (χ2v) is 12.4. The normalized spacial score (nSPS) is 23.0. The van der Waals surface area contributed by atoms with Gasteiger partial charge in [-0.3, -0.25) is 9.59 Å². The van der Waals surface area contributed by atoms with Crippen LogP contribution in [0.25, 0.3) is 0 Å². The summed E-state index contributed by atoms with van der Waals surface area (Å²) in [4.78, 5) is 37.5. The van der Waals surface area contributed by atoms with Gasteiger partial charge in [0.2, 0.25) is 11.8 Å². The fraction of sp³-hybridized carbons (Fsp3) is 0.594. The minimum atomic E-state index is -2.64. The number of aryl methyl sites for hydroxylation is 1. The van der Waals surface area contributed by atoms with Gasteiger partial charge in [0.15, 0.2) is 0 Å². The number of carbonyl (C=O) groups is 2. The molecule has 1 aromatic carbocycles. The van der Waals surface area contributed by atoms with E-state index in [0.717, 1.165) is 56.0 Å². The van der Waals surface area contributed by atoms with Crippen LogP contribution in [0.3, 0.4) is 0 Å². The van der Waals surface area contributed by atoms with Crippen molar-refractivity contribution in [1.82, 2.24) is 25.4 Å². The first-order valence-corrected chi connectivity index (χ1v) is 15.7. The summed E-state index contributed by atoms with van der Waals surface area (Å²) in [7, 11) is 0. The lowest BCUT2D eigenvalue weighted by Crippen LogP contribution is -2.50. The Bertz CT molecular complexity index is 1310. The van der Waals surface area contributed by atoms with Gasteiger partial charge in [0.25, 0.3) is 11.8 Å². The number of pyridine rings is 1. The topological polar surface area (TPSA) is 90.0 Å². The number of alkyl halides is 2. The van der Waals surface area contributed by atoms with Crippen LogP contribution in [0.15, 0.2) is 30.5 Å². The van der Waals surface area contributed by atoms with Crippen LogP contribution in [0.1, 0.15) is 69.9 Å². The number of carbonyl (C=O) groups excluding carboxylic acids is 2. The average Bonchev–Trinajstić information content (AvgIpc) is 3.54. The Kier molecular flexibility index (Phi) is 8.81. The van der Waals surface area contributed by atoms with Gasteiger partial charge < -0.3 is 30.1 Å². The summed E-state index contributed by atoms with van der Waals surface area (Å²) < 4.78 is 34.1. The molecule has 11 heteroatoms. The minimum Gasteiger partial charge on any atom is -0.473 e. The molecule has 0 bridgehead atoms. The standard InChI is InChI=1S/C32H42F2N6O3/c1-22-16-24(18-26(17-22)38-10-8-35-9-11-38)30(41)39-12-14-40(15-13-39)31(42)25-19-28(23-2-5-32(33,34)6-3-23)29(37-20-25)43-27-4-7-36-21-27/h16-20,23,27,35-36H,2-15,21H2,1H3/t27-/m0/s1. The third-order valence-corrected chi connectivity index (χ3v) is 9.22. The van der Waals surface area contributed by atoms with Crippen molar-refractivity contribution in [3.05, 3.63) is 52.7 Å². The van der Waals surface area contributed by atoms with Gasteiger partial charge in [0, 0.05) is 94.8 Å². The van der Waals surface area contributed by atoms with Gasteiger partial charge in [-0.2, -0.15) is 0 Å². The summed E-state index contributed by atoms with van der Waals surface area (Å²) in [5.41, 5.74) is 3.98. The molecule has 2 N–H and O–H groups in total. The molecular weight excluding hydrogens is 554 g/mol. The van der Waals surface area contributed by atoms with E-state index in [4.69, 9.17) is 4.74 Å². The van der Waals surface area contributed by atoms with Crippen molar-refractivity contribution in [3.8, 4) is 5.88 Å². The van der Waals surface area contributed by atoms with E-state index in [9.17, 15) is 18.4 Å². The summed E-state index contributed by atoms with van der Waals surface area (Å²) in [5, 5.41) is 6.64. The minimum absolute atomic E-state index is 0.0202. The number of nitrogens with one attached hydrogen (secondary N) is 2. The van der Waals surface area contributed by atoms with E-state index in [-0.39, 0.29) is 36.7 Å². The monoisotopic (exact) mass is 596 g/mol. The molecule has 0 unspecified atom stereocenters. The summed E-state index contributed by atoms with van der Waals surface area (Å²) in [6, 6.07) is 7.85. The highest BCUT2D eigenvalue weighted by Gasteiger charge is 2.37. The molecule has 1 aliphatic carbocycles. The van der Waals surface area contributed by atoms with Crippen LogP contribution in [-0.4, -0.2) is 104 Å². The quantitative estimate of drug-likeness (QED) is 0.528. The third-order valence-electron chi connectivity index (χ3n) is 9.22. The van der Waals surface area contributed by atoms with Crippen LogP contribution < -0.4 is 20.3 Å². The molecule has 4 fully saturated rings. The molecule has 0 spiro atoms. The SMILES string of the molecule is Cc1cc(C(=O)N2CCN(C(=O)c3cnc(O[C@H]4CCNC4)c(C4CCC(F)(F)CC4)c3)CC2)cc(N2CCNCC2)c1. The maximum atomic E-state index is 13.9. The lowest BCUT2D eigenvalue weighted by atomic mass is 9.82. The Morgan fingerprint density at radius 2 is 1.53 bits per heavy atom. The molecule has 1 aromatic heterocycles. The second kappa shape index (κ2) is 12.7. The van der Waals surface area contributed by atoms with Gasteiger partial charge >= 0.3 is 0 Å². The Balaban J connectivity index is 1.13. The van der Waals surface area contributed by atoms with Crippen molar-refractivity contribution in [2.45, 2.75) is 57.0 Å². The molecule has 2 aromatic rings. The number of nitrogens with zero attached hydrogens (tertiary/aromatic N) is 4. The zero-order valence-corrected chi connectivity index (χ0v) is 24.9. The number of hydrogen-bond acceptors (Lipinski definition) is 7. The van der Waals surface area contributed by atoms with Gasteiger partial charge in [-0.15, -0.1) is 0 Å². The Morgan fingerprint density at radius 3 is 2.19 bits per heavy atom. The fourth-order valence-electron chi connectivity index (χ4n) is 6.68. The molecule has 4 aliphatic rings. The smallest absolute Gasteiger partial charge is 0.255 e. The number of amides is 2. The predicted octanol–water partition coefficient (Wildman–Crippen LogP) is 3.43. The molecule has 3 aliphatic heterocycles. The molecule has 2 amide bonds. The number of benzene rings is 1. The molecule has 9 nitrogen and oxygen atoms in total. The zero-order valence-electron chi connectivity index (χ0n) is 24.9. The van der Waals surface area contributed by atoms with Gasteiger partial charge in [0.05, 0.1) is 5.56 Å².